The number of likely N-dealkylation sites (tertiary alicyclic amines) is 1. The Balaban J connectivity index is 1.68. The molecule has 1 saturated heterocycles. The van der Waals surface area contributed by atoms with Gasteiger partial charge in [0.25, 0.3) is 5.91 Å². The van der Waals surface area contributed by atoms with Crippen molar-refractivity contribution in [2.45, 2.75) is 18.9 Å². The molecule has 1 aliphatic heterocycles. The Labute approximate surface area is 141 Å². The van der Waals surface area contributed by atoms with Gasteiger partial charge >= 0.3 is 6.01 Å². The molecule has 0 aromatic carbocycles. The van der Waals surface area contributed by atoms with Gasteiger partial charge in [0.2, 0.25) is 0 Å². The van der Waals surface area contributed by atoms with E-state index >= 15 is 0 Å². The highest BCUT2D eigenvalue weighted by Crippen LogP contribution is 2.32. The molecule has 2 aromatic heterocycles. The van der Waals surface area contributed by atoms with Crippen LogP contribution in [0, 0.1) is 0 Å². The summed E-state index contributed by atoms with van der Waals surface area (Å²) >= 11 is 13.2. The van der Waals surface area contributed by atoms with Gasteiger partial charge in [-0.05, 0) is 25.0 Å². The van der Waals surface area contributed by atoms with Gasteiger partial charge in [-0.3, -0.25) is 4.79 Å². The normalized spacial score (nSPS) is 18.3. The van der Waals surface area contributed by atoms with Gasteiger partial charge in [-0.2, -0.15) is 0 Å². The number of ether oxygens (including phenoxy) is 1. The van der Waals surface area contributed by atoms with E-state index in [4.69, 9.17) is 27.9 Å². The van der Waals surface area contributed by atoms with Gasteiger partial charge in [-0.1, -0.05) is 23.2 Å². The van der Waals surface area contributed by atoms with E-state index in [0.717, 1.165) is 12.8 Å². The minimum Gasteiger partial charge on any atom is -0.458 e. The fourth-order valence-electron chi connectivity index (χ4n) is 2.37. The van der Waals surface area contributed by atoms with Crippen molar-refractivity contribution >= 4 is 40.4 Å². The lowest BCUT2D eigenvalue weighted by atomic mass is 10.1. The lowest BCUT2D eigenvalue weighted by molar-refractivity contribution is 0.0516. The van der Waals surface area contributed by atoms with Crippen molar-refractivity contribution in [2.75, 3.05) is 13.1 Å². The topological polar surface area (TPSA) is 55.3 Å². The van der Waals surface area contributed by atoms with Gasteiger partial charge in [-0.15, -0.1) is 11.3 Å². The van der Waals surface area contributed by atoms with Crippen LogP contribution < -0.4 is 4.74 Å². The molecular weight excluding hydrogens is 345 g/mol. The van der Waals surface area contributed by atoms with Crippen molar-refractivity contribution in [3.8, 4) is 6.01 Å². The molecule has 3 rings (SSSR count). The Bertz CT molecular complexity index is 665. The molecular formula is C14H13Cl2N3O2S. The molecule has 0 aliphatic carbocycles. The van der Waals surface area contributed by atoms with E-state index in [9.17, 15) is 4.79 Å². The average Bonchev–Trinajstić information content (AvgIpc) is 2.86. The summed E-state index contributed by atoms with van der Waals surface area (Å²) in [6.45, 7) is 1.17. The Morgan fingerprint density at radius 1 is 1.36 bits per heavy atom. The molecule has 5 nitrogen and oxygen atoms in total. The van der Waals surface area contributed by atoms with Crippen molar-refractivity contribution in [3.63, 3.8) is 0 Å². The van der Waals surface area contributed by atoms with Gasteiger partial charge in [0, 0.05) is 18.9 Å². The first-order chi connectivity index (χ1) is 10.6. The lowest BCUT2D eigenvalue weighted by Crippen LogP contribution is -2.44. The number of halogens is 2. The van der Waals surface area contributed by atoms with E-state index in [0.29, 0.717) is 33.3 Å². The third-order valence-corrected chi connectivity index (χ3v) is 4.85. The summed E-state index contributed by atoms with van der Waals surface area (Å²) in [5.41, 5.74) is 0.452. The summed E-state index contributed by atoms with van der Waals surface area (Å²) in [6.07, 6.45) is 4.86. The van der Waals surface area contributed by atoms with E-state index in [1.165, 1.54) is 11.3 Å². The van der Waals surface area contributed by atoms with Crippen LogP contribution in [0.3, 0.4) is 0 Å². The Morgan fingerprint density at radius 3 is 2.82 bits per heavy atom. The molecule has 1 amide bonds. The summed E-state index contributed by atoms with van der Waals surface area (Å²) in [5.74, 6) is -0.115. The van der Waals surface area contributed by atoms with Crippen LogP contribution in [-0.2, 0) is 0 Å². The number of carbonyl (C=O) groups is 1. The number of aromatic nitrogens is 2. The Kier molecular flexibility index (Phi) is 4.81. The molecule has 0 bridgehead atoms. The molecule has 1 fully saturated rings. The number of piperidine rings is 1. The van der Waals surface area contributed by atoms with Crippen LogP contribution >= 0.6 is 34.5 Å². The molecule has 8 heteroatoms. The largest absolute Gasteiger partial charge is 0.458 e. The number of rotatable bonds is 3. The molecule has 0 saturated carbocycles. The maximum atomic E-state index is 12.5. The number of hydrogen-bond acceptors (Lipinski definition) is 5. The maximum Gasteiger partial charge on any atom is 0.316 e. The van der Waals surface area contributed by atoms with Crippen LogP contribution in [0.5, 0.6) is 6.01 Å². The third kappa shape index (κ3) is 3.51. The second kappa shape index (κ2) is 6.81. The van der Waals surface area contributed by atoms with Gasteiger partial charge < -0.3 is 9.64 Å². The van der Waals surface area contributed by atoms with Gasteiger partial charge in [0.1, 0.15) is 10.4 Å². The molecule has 116 valence electrons. The minimum atomic E-state index is -0.118. The second-order valence-corrected chi connectivity index (χ2v) is 7.19. The zero-order valence-electron chi connectivity index (χ0n) is 11.5. The van der Waals surface area contributed by atoms with Crippen molar-refractivity contribution < 1.29 is 9.53 Å². The molecule has 0 N–H and O–H groups in total. The number of nitrogens with zero attached hydrogens (tertiary/aromatic N) is 3. The van der Waals surface area contributed by atoms with Gasteiger partial charge in [-0.25, -0.2) is 9.97 Å². The average molecular weight is 358 g/mol. The highest BCUT2D eigenvalue weighted by atomic mass is 35.5. The van der Waals surface area contributed by atoms with Crippen LogP contribution in [0.15, 0.2) is 24.5 Å². The third-order valence-electron chi connectivity index (χ3n) is 3.37. The summed E-state index contributed by atoms with van der Waals surface area (Å²) in [6, 6.07) is 3.67. The molecule has 1 atom stereocenters. The quantitative estimate of drug-likeness (QED) is 0.842. The van der Waals surface area contributed by atoms with E-state index in [1.54, 1.807) is 29.4 Å². The van der Waals surface area contributed by atoms with E-state index < -0.39 is 0 Å². The van der Waals surface area contributed by atoms with Gasteiger partial charge in [0.05, 0.1) is 16.4 Å². The second-order valence-electron chi connectivity index (χ2n) is 4.90. The molecule has 0 spiro atoms. The maximum absolute atomic E-state index is 12.5. The molecule has 22 heavy (non-hydrogen) atoms. The smallest absolute Gasteiger partial charge is 0.316 e. The molecule has 1 aliphatic rings. The van der Waals surface area contributed by atoms with Crippen LogP contribution in [0.1, 0.15) is 23.2 Å². The Morgan fingerprint density at radius 2 is 2.14 bits per heavy atom. The minimum absolute atomic E-state index is 0.115. The van der Waals surface area contributed by atoms with Gasteiger partial charge in [0.15, 0.2) is 0 Å². The van der Waals surface area contributed by atoms with Crippen LogP contribution in [0.4, 0.5) is 0 Å². The Hall–Kier alpha value is -1.37. The SMILES string of the molecule is O=C(c1cc(Cl)sc1Cl)N1CCCC(Oc2ncccn2)C1. The number of amides is 1. The number of hydrogen-bond donors (Lipinski definition) is 0. The summed E-state index contributed by atoms with van der Waals surface area (Å²) in [5, 5.41) is 0. The molecule has 3 heterocycles. The predicted octanol–water partition coefficient (Wildman–Crippen LogP) is 3.53. The van der Waals surface area contributed by atoms with Crippen LogP contribution in [0.25, 0.3) is 0 Å². The monoisotopic (exact) mass is 357 g/mol. The van der Waals surface area contributed by atoms with Crippen LogP contribution in [0.2, 0.25) is 8.67 Å². The molecule has 2 aromatic rings. The highest BCUT2D eigenvalue weighted by molar-refractivity contribution is 7.20. The van der Waals surface area contributed by atoms with E-state index in [1.807, 2.05) is 0 Å². The molecule has 1 unspecified atom stereocenters. The van der Waals surface area contributed by atoms with Crippen molar-refractivity contribution in [3.05, 3.63) is 38.8 Å². The summed E-state index contributed by atoms with van der Waals surface area (Å²) in [7, 11) is 0. The fraction of sp³-hybridized carbons (Fsp3) is 0.357. The number of carbonyl (C=O) groups excluding carboxylic acids is 1. The van der Waals surface area contributed by atoms with E-state index in [-0.39, 0.29) is 12.0 Å². The predicted molar refractivity (Wildman–Crippen MR) is 85.9 cm³/mol. The first kappa shape index (κ1) is 15.5. The van der Waals surface area contributed by atoms with Crippen molar-refractivity contribution in [1.29, 1.82) is 0 Å². The standard InChI is InChI=1S/C14H13Cl2N3O2S/c15-11-7-10(12(16)22-11)13(20)19-6-1-3-9(8-19)21-14-17-4-2-5-18-14/h2,4-5,7,9H,1,3,6,8H2. The fourth-order valence-corrected chi connectivity index (χ4v) is 3.82. The number of thiophene rings is 1. The van der Waals surface area contributed by atoms with E-state index in [2.05, 4.69) is 9.97 Å². The first-order valence-electron chi connectivity index (χ1n) is 6.81. The van der Waals surface area contributed by atoms with Crippen molar-refractivity contribution in [2.24, 2.45) is 0 Å². The highest BCUT2D eigenvalue weighted by Gasteiger charge is 2.28. The van der Waals surface area contributed by atoms with Crippen LogP contribution in [-0.4, -0.2) is 40.0 Å². The zero-order valence-corrected chi connectivity index (χ0v) is 13.9. The lowest BCUT2D eigenvalue weighted by Gasteiger charge is -2.32. The zero-order chi connectivity index (χ0) is 15.5. The molecule has 0 radical (unpaired) electrons. The summed E-state index contributed by atoms with van der Waals surface area (Å²) < 4.78 is 6.67. The van der Waals surface area contributed by atoms with Crippen molar-refractivity contribution in [1.82, 2.24) is 14.9 Å². The summed E-state index contributed by atoms with van der Waals surface area (Å²) in [4.78, 5) is 22.4. The first-order valence-corrected chi connectivity index (χ1v) is 8.38.